The second-order valence-electron chi connectivity index (χ2n) is 4.09. The number of benzene rings is 1. The molecule has 1 aromatic carbocycles. The smallest absolute Gasteiger partial charge is 0.160 e. The number of aliphatic hydroxyl groups excluding tert-OH is 1. The predicted octanol–water partition coefficient (Wildman–Crippen LogP) is 2.39. The van der Waals surface area contributed by atoms with Crippen LogP contribution in [0.5, 0.6) is 5.75 Å². The number of rotatable bonds is 10. The SMILES string of the molecule is CCOC(CCOc1ccc(CCO)cc1)OCC. The zero-order valence-electron chi connectivity index (χ0n) is 11.8. The normalized spacial score (nSPS) is 10.9. The van der Waals surface area contributed by atoms with Crippen molar-refractivity contribution in [2.75, 3.05) is 26.4 Å². The first-order valence-corrected chi connectivity index (χ1v) is 6.86. The molecule has 1 aromatic rings. The Morgan fingerprint density at radius 2 is 1.68 bits per heavy atom. The summed E-state index contributed by atoms with van der Waals surface area (Å²) < 4.78 is 16.5. The van der Waals surface area contributed by atoms with E-state index in [2.05, 4.69) is 0 Å². The van der Waals surface area contributed by atoms with E-state index in [1.807, 2.05) is 38.1 Å². The van der Waals surface area contributed by atoms with Gasteiger partial charge in [0.1, 0.15) is 5.75 Å². The average molecular weight is 268 g/mol. The maximum atomic E-state index is 8.83. The van der Waals surface area contributed by atoms with Gasteiger partial charge in [0.2, 0.25) is 0 Å². The molecule has 0 heterocycles. The summed E-state index contributed by atoms with van der Waals surface area (Å²) in [6.45, 7) is 5.91. The van der Waals surface area contributed by atoms with Crippen LogP contribution in [0, 0.1) is 0 Å². The molecule has 1 N–H and O–H groups in total. The third kappa shape index (κ3) is 6.57. The molecule has 0 bridgehead atoms. The minimum absolute atomic E-state index is 0.171. The molecule has 0 unspecified atom stereocenters. The molecule has 0 amide bonds. The van der Waals surface area contributed by atoms with Gasteiger partial charge >= 0.3 is 0 Å². The summed E-state index contributed by atoms with van der Waals surface area (Å²) in [6.07, 6.45) is 1.19. The van der Waals surface area contributed by atoms with Gasteiger partial charge in [0.25, 0.3) is 0 Å². The van der Waals surface area contributed by atoms with Crippen molar-refractivity contribution in [3.05, 3.63) is 29.8 Å². The van der Waals surface area contributed by atoms with E-state index in [1.54, 1.807) is 0 Å². The first kappa shape index (κ1) is 16.0. The van der Waals surface area contributed by atoms with Crippen molar-refractivity contribution in [3.8, 4) is 5.75 Å². The van der Waals surface area contributed by atoms with E-state index in [0.717, 1.165) is 11.3 Å². The van der Waals surface area contributed by atoms with Crippen LogP contribution in [0.25, 0.3) is 0 Å². The Bertz CT molecular complexity index is 317. The Kier molecular flexibility index (Phi) is 8.21. The van der Waals surface area contributed by atoms with Crippen LogP contribution in [0.2, 0.25) is 0 Å². The van der Waals surface area contributed by atoms with Gasteiger partial charge in [0.05, 0.1) is 6.61 Å². The average Bonchev–Trinajstić information content (AvgIpc) is 2.41. The zero-order chi connectivity index (χ0) is 13.9. The lowest BCUT2D eigenvalue weighted by atomic mass is 10.1. The van der Waals surface area contributed by atoms with Gasteiger partial charge in [0, 0.05) is 26.2 Å². The predicted molar refractivity (Wildman–Crippen MR) is 74.4 cm³/mol. The monoisotopic (exact) mass is 268 g/mol. The Hall–Kier alpha value is -1.10. The Labute approximate surface area is 115 Å². The summed E-state index contributed by atoms with van der Waals surface area (Å²) in [5.74, 6) is 0.827. The second kappa shape index (κ2) is 9.78. The lowest BCUT2D eigenvalue weighted by Crippen LogP contribution is -2.20. The van der Waals surface area contributed by atoms with Gasteiger partial charge in [-0.25, -0.2) is 0 Å². The van der Waals surface area contributed by atoms with Crippen LogP contribution in [0.4, 0.5) is 0 Å². The van der Waals surface area contributed by atoms with Gasteiger partial charge in [-0.05, 0) is 38.0 Å². The van der Waals surface area contributed by atoms with Gasteiger partial charge in [0.15, 0.2) is 6.29 Å². The molecule has 1 rings (SSSR count). The number of ether oxygens (including phenoxy) is 3. The van der Waals surface area contributed by atoms with Crippen LogP contribution in [-0.4, -0.2) is 37.8 Å². The van der Waals surface area contributed by atoms with E-state index in [0.29, 0.717) is 32.7 Å². The number of hydrogen-bond donors (Lipinski definition) is 1. The Morgan fingerprint density at radius 3 is 2.21 bits per heavy atom. The van der Waals surface area contributed by atoms with Gasteiger partial charge < -0.3 is 19.3 Å². The zero-order valence-corrected chi connectivity index (χ0v) is 11.8. The number of aliphatic hydroxyl groups is 1. The molecule has 0 aliphatic carbocycles. The summed E-state index contributed by atoms with van der Waals surface area (Å²) in [4.78, 5) is 0. The molecule has 0 aliphatic rings. The molecule has 0 aliphatic heterocycles. The van der Waals surface area contributed by atoms with Crippen molar-refractivity contribution in [1.29, 1.82) is 0 Å². The molecule has 0 aromatic heterocycles. The van der Waals surface area contributed by atoms with Crippen LogP contribution in [0.15, 0.2) is 24.3 Å². The van der Waals surface area contributed by atoms with Crippen molar-refractivity contribution in [2.45, 2.75) is 33.0 Å². The molecule has 0 saturated heterocycles. The topological polar surface area (TPSA) is 47.9 Å². The second-order valence-corrected chi connectivity index (χ2v) is 4.09. The molecule has 0 fully saturated rings. The molecule has 0 radical (unpaired) electrons. The third-order valence-corrected chi connectivity index (χ3v) is 2.65. The molecule has 4 heteroatoms. The summed E-state index contributed by atoms with van der Waals surface area (Å²) in [6, 6.07) is 7.77. The lowest BCUT2D eigenvalue weighted by Gasteiger charge is -2.17. The summed E-state index contributed by atoms with van der Waals surface area (Å²) in [5, 5.41) is 8.83. The fraction of sp³-hybridized carbons (Fsp3) is 0.600. The molecule has 0 spiro atoms. The third-order valence-electron chi connectivity index (χ3n) is 2.65. The van der Waals surface area contributed by atoms with E-state index in [9.17, 15) is 0 Å². The molecule has 0 saturated carbocycles. The van der Waals surface area contributed by atoms with Crippen molar-refractivity contribution in [2.24, 2.45) is 0 Å². The van der Waals surface area contributed by atoms with E-state index >= 15 is 0 Å². The quantitative estimate of drug-likeness (QED) is 0.662. The largest absolute Gasteiger partial charge is 0.493 e. The minimum Gasteiger partial charge on any atom is -0.493 e. The van der Waals surface area contributed by atoms with Gasteiger partial charge in [-0.15, -0.1) is 0 Å². The first-order valence-electron chi connectivity index (χ1n) is 6.86. The Morgan fingerprint density at radius 1 is 1.05 bits per heavy atom. The van der Waals surface area contributed by atoms with E-state index in [-0.39, 0.29) is 12.9 Å². The van der Waals surface area contributed by atoms with Crippen LogP contribution >= 0.6 is 0 Å². The van der Waals surface area contributed by atoms with Gasteiger partial charge in [-0.3, -0.25) is 0 Å². The van der Waals surface area contributed by atoms with Crippen molar-refractivity contribution < 1.29 is 19.3 Å². The van der Waals surface area contributed by atoms with Crippen LogP contribution in [0.1, 0.15) is 25.8 Å². The summed E-state index contributed by atoms with van der Waals surface area (Å²) in [5.41, 5.74) is 1.11. The molecular formula is C15H24O4. The van der Waals surface area contributed by atoms with E-state index < -0.39 is 0 Å². The van der Waals surface area contributed by atoms with Gasteiger partial charge in [-0.1, -0.05) is 12.1 Å². The van der Waals surface area contributed by atoms with Crippen molar-refractivity contribution in [3.63, 3.8) is 0 Å². The maximum Gasteiger partial charge on any atom is 0.160 e. The van der Waals surface area contributed by atoms with E-state index in [4.69, 9.17) is 19.3 Å². The summed E-state index contributed by atoms with van der Waals surface area (Å²) in [7, 11) is 0. The van der Waals surface area contributed by atoms with Crippen LogP contribution in [0.3, 0.4) is 0 Å². The van der Waals surface area contributed by atoms with Gasteiger partial charge in [-0.2, -0.15) is 0 Å². The highest BCUT2D eigenvalue weighted by molar-refractivity contribution is 5.27. The fourth-order valence-electron chi connectivity index (χ4n) is 1.74. The maximum absolute atomic E-state index is 8.83. The Balaban J connectivity index is 2.30. The van der Waals surface area contributed by atoms with E-state index in [1.165, 1.54) is 0 Å². The minimum atomic E-state index is -0.191. The van der Waals surface area contributed by atoms with Crippen molar-refractivity contribution in [1.82, 2.24) is 0 Å². The lowest BCUT2D eigenvalue weighted by molar-refractivity contribution is -0.142. The highest BCUT2D eigenvalue weighted by Crippen LogP contribution is 2.13. The molecule has 108 valence electrons. The molecule has 0 atom stereocenters. The highest BCUT2D eigenvalue weighted by atomic mass is 16.7. The fourth-order valence-corrected chi connectivity index (χ4v) is 1.74. The van der Waals surface area contributed by atoms with Crippen LogP contribution in [-0.2, 0) is 15.9 Å². The summed E-state index contributed by atoms with van der Waals surface area (Å²) >= 11 is 0. The molecule has 4 nitrogen and oxygen atoms in total. The number of hydrogen-bond acceptors (Lipinski definition) is 4. The van der Waals surface area contributed by atoms with Crippen LogP contribution < -0.4 is 4.74 Å². The van der Waals surface area contributed by atoms with Crippen molar-refractivity contribution >= 4 is 0 Å². The standard InChI is InChI=1S/C15H24O4/c1-3-17-15(18-4-2)10-12-19-14-7-5-13(6-8-14)9-11-16/h5-8,15-16H,3-4,9-12H2,1-2H3. The highest BCUT2D eigenvalue weighted by Gasteiger charge is 2.07. The first-order chi connectivity index (χ1) is 9.30. The molecule has 19 heavy (non-hydrogen) atoms. The molecular weight excluding hydrogens is 244 g/mol.